The van der Waals surface area contributed by atoms with E-state index in [4.69, 9.17) is 18.3 Å². The van der Waals surface area contributed by atoms with Crippen molar-refractivity contribution in [1.29, 1.82) is 5.26 Å². The zero-order chi connectivity index (χ0) is 19.2. The molecule has 0 aliphatic carbocycles. The van der Waals surface area contributed by atoms with Crippen molar-refractivity contribution in [2.24, 2.45) is 0 Å². The van der Waals surface area contributed by atoms with Crippen LogP contribution in [-0.4, -0.2) is 18.1 Å². The minimum Gasteiger partial charge on any atom is -0.497 e. The number of methoxy groups -OCH3 is 1. The summed E-state index contributed by atoms with van der Waals surface area (Å²) in [4.78, 5) is 4.20. The van der Waals surface area contributed by atoms with Crippen molar-refractivity contribution in [2.75, 3.05) is 12.4 Å². The van der Waals surface area contributed by atoms with Crippen molar-refractivity contribution in [3.63, 3.8) is 0 Å². The van der Waals surface area contributed by atoms with Crippen LogP contribution in [0.4, 0.5) is 5.88 Å². The van der Waals surface area contributed by atoms with Gasteiger partial charge in [-0.05, 0) is 49.7 Å². The number of benzene rings is 1. The van der Waals surface area contributed by atoms with E-state index in [0.717, 1.165) is 12.2 Å². The van der Waals surface area contributed by atoms with Crippen LogP contribution in [-0.2, 0) is 6.61 Å². The number of oxazole rings is 1. The maximum atomic E-state index is 9.25. The van der Waals surface area contributed by atoms with Crippen LogP contribution < -0.4 is 14.8 Å². The summed E-state index contributed by atoms with van der Waals surface area (Å²) in [6.07, 6.45) is 0.897. The molecule has 3 rings (SSSR count). The summed E-state index contributed by atoms with van der Waals surface area (Å²) in [6, 6.07) is 13.0. The van der Waals surface area contributed by atoms with Gasteiger partial charge in [-0.2, -0.15) is 10.2 Å². The fourth-order valence-corrected chi connectivity index (χ4v) is 2.32. The SMILES string of the molecule is CCC(C)Nc1oc(-c2ccc(COc3ccc(OC)cc3)o2)nc1C#N. The normalized spacial score (nSPS) is 11.6. The Morgan fingerprint density at radius 3 is 2.56 bits per heavy atom. The molecule has 0 amide bonds. The van der Waals surface area contributed by atoms with Gasteiger partial charge in [-0.25, -0.2) is 0 Å². The number of anilines is 1. The standard InChI is InChI=1S/C20H21N3O4/c1-4-13(2)22-19-17(11-21)23-20(27-19)18-10-9-16(26-18)12-25-15-7-5-14(24-3)6-8-15/h5-10,13,22H,4,12H2,1-3H3. The summed E-state index contributed by atoms with van der Waals surface area (Å²) in [6.45, 7) is 4.31. The van der Waals surface area contributed by atoms with Gasteiger partial charge in [-0.3, -0.25) is 0 Å². The molecule has 0 saturated heterocycles. The maximum absolute atomic E-state index is 9.25. The lowest BCUT2D eigenvalue weighted by atomic mass is 10.2. The first kappa shape index (κ1) is 18.4. The number of hydrogen-bond donors (Lipinski definition) is 1. The van der Waals surface area contributed by atoms with E-state index in [-0.39, 0.29) is 24.2 Å². The van der Waals surface area contributed by atoms with Crippen LogP contribution in [0.15, 0.2) is 45.2 Å². The topological polar surface area (TPSA) is 93.5 Å². The Bertz CT molecular complexity index is 922. The zero-order valence-corrected chi connectivity index (χ0v) is 15.5. The summed E-state index contributed by atoms with van der Waals surface area (Å²) >= 11 is 0. The van der Waals surface area contributed by atoms with Crippen LogP contribution in [0.1, 0.15) is 31.7 Å². The maximum Gasteiger partial charge on any atom is 0.266 e. The molecule has 0 fully saturated rings. The number of aromatic nitrogens is 1. The van der Waals surface area contributed by atoms with Gasteiger partial charge in [0.25, 0.3) is 5.89 Å². The third kappa shape index (κ3) is 4.42. The Labute approximate surface area is 157 Å². The predicted octanol–water partition coefficient (Wildman–Crippen LogP) is 4.60. The van der Waals surface area contributed by atoms with Crippen molar-refractivity contribution in [2.45, 2.75) is 32.9 Å². The molecule has 1 atom stereocenters. The summed E-state index contributed by atoms with van der Waals surface area (Å²) < 4.78 is 22.2. The molecule has 7 heteroatoms. The van der Waals surface area contributed by atoms with Crippen molar-refractivity contribution in [1.82, 2.24) is 4.98 Å². The van der Waals surface area contributed by atoms with Crippen LogP contribution in [0.25, 0.3) is 11.7 Å². The number of ether oxygens (including phenoxy) is 2. The summed E-state index contributed by atoms with van der Waals surface area (Å²) in [5.41, 5.74) is 0.206. The number of nitriles is 1. The van der Waals surface area contributed by atoms with E-state index >= 15 is 0 Å². The third-order valence-electron chi connectivity index (χ3n) is 4.04. The molecular formula is C20H21N3O4. The Morgan fingerprint density at radius 1 is 1.15 bits per heavy atom. The molecule has 0 aliphatic rings. The molecule has 27 heavy (non-hydrogen) atoms. The average Bonchev–Trinajstić information content (AvgIpc) is 3.33. The molecule has 2 aromatic heterocycles. The van der Waals surface area contributed by atoms with Gasteiger partial charge in [0.05, 0.1) is 7.11 Å². The lowest BCUT2D eigenvalue weighted by molar-refractivity contribution is 0.270. The van der Waals surface area contributed by atoms with E-state index in [1.54, 1.807) is 19.2 Å². The fraction of sp³-hybridized carbons (Fsp3) is 0.300. The molecular weight excluding hydrogens is 346 g/mol. The Kier molecular flexibility index (Phi) is 5.67. The van der Waals surface area contributed by atoms with Gasteiger partial charge >= 0.3 is 0 Å². The van der Waals surface area contributed by atoms with E-state index in [1.807, 2.05) is 44.2 Å². The van der Waals surface area contributed by atoms with E-state index < -0.39 is 0 Å². The molecule has 0 spiro atoms. The number of furan rings is 1. The molecule has 0 bridgehead atoms. The van der Waals surface area contributed by atoms with E-state index in [0.29, 0.717) is 23.2 Å². The largest absolute Gasteiger partial charge is 0.497 e. The van der Waals surface area contributed by atoms with Gasteiger partial charge < -0.3 is 23.6 Å². The summed E-state index contributed by atoms with van der Waals surface area (Å²) in [7, 11) is 1.62. The van der Waals surface area contributed by atoms with Crippen LogP contribution in [0.2, 0.25) is 0 Å². The third-order valence-corrected chi connectivity index (χ3v) is 4.04. The monoisotopic (exact) mass is 367 g/mol. The second-order valence-corrected chi connectivity index (χ2v) is 5.99. The van der Waals surface area contributed by atoms with Crippen molar-refractivity contribution >= 4 is 5.88 Å². The molecule has 3 aromatic rings. The molecule has 1 unspecified atom stereocenters. The summed E-state index contributed by atoms with van der Waals surface area (Å²) in [5, 5.41) is 12.4. The number of rotatable bonds is 8. The molecule has 0 aliphatic heterocycles. The smallest absolute Gasteiger partial charge is 0.266 e. The second kappa shape index (κ2) is 8.32. The zero-order valence-electron chi connectivity index (χ0n) is 15.5. The van der Waals surface area contributed by atoms with Gasteiger partial charge in [0.2, 0.25) is 11.6 Å². The Hall–Kier alpha value is -3.40. The van der Waals surface area contributed by atoms with E-state index in [2.05, 4.69) is 10.3 Å². The fourth-order valence-electron chi connectivity index (χ4n) is 2.32. The van der Waals surface area contributed by atoms with Crippen molar-refractivity contribution in [3.8, 4) is 29.2 Å². The molecule has 0 saturated carbocycles. The van der Waals surface area contributed by atoms with Crippen LogP contribution in [0.5, 0.6) is 11.5 Å². The van der Waals surface area contributed by atoms with Gasteiger partial charge in [0, 0.05) is 6.04 Å². The molecule has 0 radical (unpaired) electrons. The van der Waals surface area contributed by atoms with Crippen LogP contribution in [0.3, 0.4) is 0 Å². The lowest BCUT2D eigenvalue weighted by Gasteiger charge is -2.08. The quantitative estimate of drug-likeness (QED) is 0.621. The van der Waals surface area contributed by atoms with Crippen LogP contribution in [0, 0.1) is 11.3 Å². The van der Waals surface area contributed by atoms with Crippen LogP contribution >= 0.6 is 0 Å². The number of nitrogens with one attached hydrogen (secondary N) is 1. The van der Waals surface area contributed by atoms with E-state index in [9.17, 15) is 5.26 Å². The van der Waals surface area contributed by atoms with Gasteiger partial charge in [0.15, 0.2) is 5.76 Å². The van der Waals surface area contributed by atoms with Gasteiger partial charge in [-0.15, -0.1) is 0 Å². The minimum absolute atomic E-state index is 0.169. The first-order valence-corrected chi connectivity index (χ1v) is 8.66. The van der Waals surface area contributed by atoms with Crippen molar-refractivity contribution in [3.05, 3.63) is 47.9 Å². The highest BCUT2D eigenvalue weighted by Crippen LogP contribution is 2.28. The number of nitrogens with zero attached hydrogens (tertiary/aromatic N) is 2. The predicted molar refractivity (Wildman–Crippen MR) is 99.6 cm³/mol. The Balaban J connectivity index is 1.68. The average molecular weight is 367 g/mol. The number of hydrogen-bond acceptors (Lipinski definition) is 7. The van der Waals surface area contributed by atoms with Gasteiger partial charge in [-0.1, -0.05) is 6.92 Å². The first-order valence-electron chi connectivity index (χ1n) is 8.66. The molecule has 2 heterocycles. The van der Waals surface area contributed by atoms with Gasteiger partial charge in [0.1, 0.15) is 29.9 Å². The first-order chi connectivity index (χ1) is 13.1. The molecule has 1 aromatic carbocycles. The second-order valence-electron chi connectivity index (χ2n) is 5.99. The lowest BCUT2D eigenvalue weighted by Crippen LogP contribution is -2.13. The molecule has 7 nitrogen and oxygen atoms in total. The van der Waals surface area contributed by atoms with Crippen molar-refractivity contribution < 1.29 is 18.3 Å². The highest BCUT2D eigenvalue weighted by atomic mass is 16.5. The van der Waals surface area contributed by atoms with E-state index in [1.165, 1.54) is 0 Å². The highest BCUT2D eigenvalue weighted by Gasteiger charge is 2.18. The highest BCUT2D eigenvalue weighted by molar-refractivity contribution is 5.54. The Morgan fingerprint density at radius 2 is 1.89 bits per heavy atom. The minimum atomic E-state index is 0.169. The molecule has 140 valence electrons. The summed E-state index contributed by atoms with van der Waals surface area (Å²) in [5.74, 6) is 3.15. The molecule has 1 N–H and O–H groups in total.